The summed E-state index contributed by atoms with van der Waals surface area (Å²) < 4.78 is 1.53. The maximum absolute atomic E-state index is 12.5. The Morgan fingerprint density at radius 2 is 1.96 bits per heavy atom. The summed E-state index contributed by atoms with van der Waals surface area (Å²) >= 11 is 5.90. The topological polar surface area (TPSA) is 96.2 Å². The van der Waals surface area contributed by atoms with Gasteiger partial charge in [-0.05, 0) is 60.6 Å². The fraction of sp³-hybridized carbons (Fsp3) is 0.500. The highest BCUT2D eigenvalue weighted by atomic mass is 35.5. The van der Waals surface area contributed by atoms with E-state index < -0.39 is 0 Å². The molecule has 4 rings (SSSR count). The molecule has 148 valence electrons. The molecule has 1 atom stereocenters. The number of benzene rings is 1. The van der Waals surface area contributed by atoms with Crippen molar-refractivity contribution in [1.29, 1.82) is 0 Å². The molecule has 2 saturated heterocycles. The Labute approximate surface area is 167 Å². The van der Waals surface area contributed by atoms with E-state index in [1.54, 1.807) is 29.2 Å². The smallest absolute Gasteiger partial charge is 0.242 e. The molecular formula is C18H22ClN7O2. The number of nitrogens with zero attached hydrogens (tertiary/aromatic N) is 6. The Morgan fingerprint density at radius 3 is 2.71 bits per heavy atom. The molecular weight excluding hydrogens is 382 g/mol. The van der Waals surface area contributed by atoms with Crippen LogP contribution >= 0.6 is 11.6 Å². The van der Waals surface area contributed by atoms with Gasteiger partial charge in [0.25, 0.3) is 0 Å². The number of anilines is 1. The van der Waals surface area contributed by atoms with Crippen LogP contribution in [0.3, 0.4) is 0 Å². The highest BCUT2D eigenvalue weighted by Crippen LogP contribution is 2.23. The van der Waals surface area contributed by atoms with Gasteiger partial charge in [-0.15, -0.1) is 5.10 Å². The summed E-state index contributed by atoms with van der Waals surface area (Å²) in [6, 6.07) is 6.85. The second-order valence-corrected chi connectivity index (χ2v) is 7.62. The molecule has 2 fully saturated rings. The Morgan fingerprint density at radius 1 is 1.21 bits per heavy atom. The molecule has 0 unspecified atom stereocenters. The first-order valence-corrected chi connectivity index (χ1v) is 9.79. The number of carbonyl (C=O) groups is 2. The molecule has 2 aromatic rings. The van der Waals surface area contributed by atoms with Gasteiger partial charge in [-0.3, -0.25) is 14.5 Å². The molecule has 0 bridgehead atoms. The van der Waals surface area contributed by atoms with E-state index >= 15 is 0 Å². The van der Waals surface area contributed by atoms with Gasteiger partial charge in [0.05, 0.1) is 12.6 Å². The average molecular weight is 404 g/mol. The molecule has 28 heavy (non-hydrogen) atoms. The zero-order valence-electron chi connectivity index (χ0n) is 15.4. The number of rotatable bonds is 6. The molecule has 9 nitrogen and oxygen atoms in total. The van der Waals surface area contributed by atoms with Crippen molar-refractivity contribution in [3.63, 3.8) is 0 Å². The van der Waals surface area contributed by atoms with E-state index in [-0.39, 0.29) is 30.8 Å². The molecule has 0 spiro atoms. The minimum absolute atomic E-state index is 0.0234. The third-order valence-electron chi connectivity index (χ3n) is 5.09. The van der Waals surface area contributed by atoms with Crippen molar-refractivity contribution >= 4 is 29.1 Å². The SMILES string of the molecule is O=C(Cn1nnnc1CN1CCCC1)N[C@@H]1CC(=O)N(c2ccc(Cl)cc2)C1. The molecule has 2 aliphatic rings. The van der Waals surface area contributed by atoms with Gasteiger partial charge in [0.15, 0.2) is 5.82 Å². The summed E-state index contributed by atoms with van der Waals surface area (Å²) in [6.07, 6.45) is 2.63. The van der Waals surface area contributed by atoms with Gasteiger partial charge < -0.3 is 10.2 Å². The maximum Gasteiger partial charge on any atom is 0.242 e. The molecule has 0 aliphatic carbocycles. The van der Waals surface area contributed by atoms with E-state index in [0.29, 0.717) is 23.9 Å². The number of nitrogens with one attached hydrogen (secondary N) is 1. The Bertz CT molecular complexity index is 848. The first-order chi connectivity index (χ1) is 13.6. The lowest BCUT2D eigenvalue weighted by molar-refractivity contribution is -0.122. The fourth-order valence-electron chi connectivity index (χ4n) is 3.68. The van der Waals surface area contributed by atoms with Crippen molar-refractivity contribution in [2.75, 3.05) is 24.5 Å². The molecule has 1 N–H and O–H groups in total. The minimum atomic E-state index is -0.241. The summed E-state index contributed by atoms with van der Waals surface area (Å²) in [6.45, 7) is 3.18. The van der Waals surface area contributed by atoms with Gasteiger partial charge in [0.2, 0.25) is 11.8 Å². The first kappa shape index (κ1) is 18.8. The van der Waals surface area contributed by atoms with Crippen LogP contribution in [0, 0.1) is 0 Å². The summed E-state index contributed by atoms with van der Waals surface area (Å²) in [7, 11) is 0. The summed E-state index contributed by atoms with van der Waals surface area (Å²) in [5.74, 6) is 0.456. The molecule has 3 heterocycles. The van der Waals surface area contributed by atoms with Crippen LogP contribution in [-0.4, -0.2) is 62.6 Å². The zero-order chi connectivity index (χ0) is 19.5. The lowest BCUT2D eigenvalue weighted by Crippen LogP contribution is -2.39. The highest BCUT2D eigenvalue weighted by Gasteiger charge is 2.31. The van der Waals surface area contributed by atoms with Gasteiger partial charge in [-0.1, -0.05) is 11.6 Å². The van der Waals surface area contributed by atoms with Crippen molar-refractivity contribution in [1.82, 2.24) is 30.4 Å². The molecule has 2 aliphatic heterocycles. The third-order valence-corrected chi connectivity index (χ3v) is 5.34. The van der Waals surface area contributed by atoms with Crippen LogP contribution in [0.1, 0.15) is 25.1 Å². The van der Waals surface area contributed by atoms with Gasteiger partial charge in [0, 0.05) is 23.7 Å². The van der Waals surface area contributed by atoms with Crippen molar-refractivity contribution in [3.05, 3.63) is 35.1 Å². The number of hydrogen-bond donors (Lipinski definition) is 1. The molecule has 0 radical (unpaired) electrons. The molecule has 1 aromatic heterocycles. The largest absolute Gasteiger partial charge is 0.349 e. The lowest BCUT2D eigenvalue weighted by atomic mass is 10.2. The molecule has 2 amide bonds. The third kappa shape index (κ3) is 4.31. The monoisotopic (exact) mass is 403 g/mol. The number of likely N-dealkylation sites (tertiary alicyclic amines) is 1. The van der Waals surface area contributed by atoms with Crippen molar-refractivity contribution in [3.8, 4) is 0 Å². The molecule has 1 aromatic carbocycles. The van der Waals surface area contributed by atoms with Crippen LogP contribution in [-0.2, 0) is 22.7 Å². The second kappa shape index (κ2) is 8.24. The Balaban J connectivity index is 1.33. The molecule has 0 saturated carbocycles. The van der Waals surface area contributed by atoms with E-state index in [2.05, 4.69) is 25.7 Å². The number of carbonyl (C=O) groups excluding carboxylic acids is 2. The van der Waals surface area contributed by atoms with E-state index in [0.717, 1.165) is 18.8 Å². The fourth-order valence-corrected chi connectivity index (χ4v) is 3.81. The zero-order valence-corrected chi connectivity index (χ0v) is 16.2. The van der Waals surface area contributed by atoms with E-state index in [1.807, 2.05) is 0 Å². The van der Waals surface area contributed by atoms with Crippen LogP contribution in [0.25, 0.3) is 0 Å². The first-order valence-electron chi connectivity index (χ1n) is 9.41. The van der Waals surface area contributed by atoms with Gasteiger partial charge >= 0.3 is 0 Å². The number of amides is 2. The summed E-state index contributed by atoms with van der Waals surface area (Å²) in [5.41, 5.74) is 0.777. The van der Waals surface area contributed by atoms with E-state index in [9.17, 15) is 9.59 Å². The number of tetrazole rings is 1. The maximum atomic E-state index is 12.5. The quantitative estimate of drug-likeness (QED) is 0.768. The average Bonchev–Trinajstić information content (AvgIpc) is 3.40. The van der Waals surface area contributed by atoms with Crippen LogP contribution in [0.2, 0.25) is 5.02 Å². The van der Waals surface area contributed by atoms with Crippen LogP contribution in [0.15, 0.2) is 24.3 Å². The summed E-state index contributed by atoms with van der Waals surface area (Å²) in [5, 5.41) is 15.2. The Hall–Kier alpha value is -2.52. The summed E-state index contributed by atoms with van der Waals surface area (Å²) in [4.78, 5) is 28.7. The number of halogens is 1. The standard InChI is InChI=1S/C18H22ClN7O2/c19-13-3-5-15(6-4-13)25-10-14(9-18(25)28)20-17(27)12-26-16(21-22-23-26)11-24-7-1-2-8-24/h3-6,14H,1-2,7-12H2,(H,20,27)/t14-/m1/s1. The lowest BCUT2D eigenvalue weighted by Gasteiger charge is -2.17. The molecule has 10 heteroatoms. The second-order valence-electron chi connectivity index (χ2n) is 7.19. The van der Waals surface area contributed by atoms with E-state index in [4.69, 9.17) is 11.6 Å². The van der Waals surface area contributed by atoms with Crippen LogP contribution in [0.5, 0.6) is 0 Å². The van der Waals surface area contributed by atoms with E-state index in [1.165, 1.54) is 17.5 Å². The van der Waals surface area contributed by atoms with Gasteiger partial charge in [-0.25, -0.2) is 4.68 Å². The van der Waals surface area contributed by atoms with Crippen molar-refractivity contribution < 1.29 is 9.59 Å². The van der Waals surface area contributed by atoms with Gasteiger partial charge in [0.1, 0.15) is 6.54 Å². The Kier molecular flexibility index (Phi) is 5.54. The minimum Gasteiger partial charge on any atom is -0.349 e. The van der Waals surface area contributed by atoms with Crippen LogP contribution < -0.4 is 10.2 Å². The van der Waals surface area contributed by atoms with Crippen molar-refractivity contribution in [2.24, 2.45) is 0 Å². The van der Waals surface area contributed by atoms with Crippen molar-refractivity contribution in [2.45, 2.75) is 38.4 Å². The predicted molar refractivity (Wildman–Crippen MR) is 103 cm³/mol. The normalized spacial score (nSPS) is 20.1. The van der Waals surface area contributed by atoms with Gasteiger partial charge in [-0.2, -0.15) is 0 Å². The highest BCUT2D eigenvalue weighted by molar-refractivity contribution is 6.30. The number of aromatic nitrogens is 4. The predicted octanol–water partition coefficient (Wildman–Crippen LogP) is 0.844. The van der Waals surface area contributed by atoms with Crippen LogP contribution in [0.4, 0.5) is 5.69 Å². The number of hydrogen-bond acceptors (Lipinski definition) is 6.